The monoisotopic (exact) mass is 309 g/mol. The number of hydrogen-bond acceptors (Lipinski definition) is 3. The van der Waals surface area contributed by atoms with Gasteiger partial charge in [-0.2, -0.15) is 0 Å². The van der Waals surface area contributed by atoms with E-state index in [0.717, 1.165) is 37.2 Å². The smallest absolute Gasteiger partial charge is 0.272 e. The highest BCUT2D eigenvalue weighted by Crippen LogP contribution is 2.14. The van der Waals surface area contributed by atoms with Crippen LogP contribution < -0.4 is 5.32 Å². The lowest BCUT2D eigenvalue weighted by Gasteiger charge is -2.14. The van der Waals surface area contributed by atoms with Gasteiger partial charge in [-0.3, -0.25) is 14.6 Å². The largest absolute Gasteiger partial charge is 0.337 e. The second kappa shape index (κ2) is 6.60. The lowest BCUT2D eigenvalue weighted by atomic mass is 10.2. The van der Waals surface area contributed by atoms with Crippen molar-refractivity contribution in [3.8, 4) is 0 Å². The predicted octanol–water partition coefficient (Wildman–Crippen LogP) is 2.88. The number of rotatable bonds is 3. The Balaban J connectivity index is 1.76. The molecule has 1 aliphatic heterocycles. The molecule has 0 aliphatic carbocycles. The third kappa shape index (κ3) is 3.56. The Morgan fingerprint density at radius 1 is 1.13 bits per heavy atom. The van der Waals surface area contributed by atoms with Crippen molar-refractivity contribution in [3.63, 3.8) is 0 Å². The summed E-state index contributed by atoms with van der Waals surface area (Å²) >= 11 is 0. The molecule has 0 atom stereocenters. The van der Waals surface area contributed by atoms with Crippen LogP contribution in [0.4, 0.5) is 5.69 Å². The van der Waals surface area contributed by atoms with Crippen LogP contribution in [0.1, 0.15) is 39.3 Å². The molecule has 0 bridgehead atoms. The van der Waals surface area contributed by atoms with Gasteiger partial charge in [0, 0.05) is 30.5 Å². The molecule has 118 valence electrons. The summed E-state index contributed by atoms with van der Waals surface area (Å²) in [6, 6.07) is 10.8. The maximum Gasteiger partial charge on any atom is 0.272 e. The molecule has 0 saturated carbocycles. The summed E-state index contributed by atoms with van der Waals surface area (Å²) in [4.78, 5) is 30.6. The number of nitrogens with zero attached hydrogens (tertiary/aromatic N) is 2. The van der Waals surface area contributed by atoms with E-state index in [4.69, 9.17) is 0 Å². The first-order valence-corrected chi connectivity index (χ1v) is 7.77. The molecular formula is C18H19N3O2. The predicted molar refractivity (Wildman–Crippen MR) is 88.5 cm³/mol. The Labute approximate surface area is 135 Å². The Bertz CT molecular complexity index is 737. The minimum atomic E-state index is -0.242. The molecule has 2 amide bonds. The summed E-state index contributed by atoms with van der Waals surface area (Å²) in [6.07, 6.45) is 3.56. The van der Waals surface area contributed by atoms with Crippen LogP contribution in [-0.4, -0.2) is 34.8 Å². The average Bonchev–Trinajstić information content (AvgIpc) is 3.09. The van der Waals surface area contributed by atoms with E-state index >= 15 is 0 Å². The first kappa shape index (κ1) is 15.2. The van der Waals surface area contributed by atoms with Crippen LogP contribution >= 0.6 is 0 Å². The lowest BCUT2D eigenvalue weighted by Crippen LogP contribution is -2.28. The van der Waals surface area contributed by atoms with Crippen molar-refractivity contribution in [2.45, 2.75) is 19.8 Å². The van der Waals surface area contributed by atoms with E-state index in [2.05, 4.69) is 10.3 Å². The maximum absolute atomic E-state index is 12.4. The van der Waals surface area contributed by atoms with Crippen molar-refractivity contribution in [1.82, 2.24) is 9.88 Å². The summed E-state index contributed by atoms with van der Waals surface area (Å²) in [5, 5.41) is 2.84. The fourth-order valence-electron chi connectivity index (χ4n) is 2.70. The minimum Gasteiger partial charge on any atom is -0.337 e. The van der Waals surface area contributed by atoms with E-state index in [1.807, 2.05) is 31.2 Å². The Hall–Kier alpha value is -2.69. The zero-order valence-corrected chi connectivity index (χ0v) is 13.1. The lowest BCUT2D eigenvalue weighted by molar-refractivity contribution is 0.0787. The third-order valence-corrected chi connectivity index (χ3v) is 3.91. The normalized spacial score (nSPS) is 13.9. The first-order chi connectivity index (χ1) is 11.1. The second-order valence-corrected chi connectivity index (χ2v) is 5.75. The Kier molecular flexibility index (Phi) is 4.37. The summed E-state index contributed by atoms with van der Waals surface area (Å²) in [5.74, 6) is -0.346. The molecule has 2 heterocycles. The van der Waals surface area contributed by atoms with Crippen LogP contribution in [0.2, 0.25) is 0 Å². The van der Waals surface area contributed by atoms with Gasteiger partial charge in [-0.05, 0) is 49.6 Å². The van der Waals surface area contributed by atoms with Crippen molar-refractivity contribution < 1.29 is 9.59 Å². The van der Waals surface area contributed by atoms with Crippen molar-refractivity contribution in [2.75, 3.05) is 18.4 Å². The highest BCUT2D eigenvalue weighted by atomic mass is 16.2. The van der Waals surface area contributed by atoms with E-state index in [9.17, 15) is 9.59 Å². The number of amides is 2. The van der Waals surface area contributed by atoms with Gasteiger partial charge in [0.1, 0.15) is 5.69 Å². The van der Waals surface area contributed by atoms with Crippen LogP contribution in [-0.2, 0) is 0 Å². The molecule has 1 saturated heterocycles. The van der Waals surface area contributed by atoms with Crippen molar-refractivity contribution in [1.29, 1.82) is 0 Å². The van der Waals surface area contributed by atoms with Gasteiger partial charge >= 0.3 is 0 Å². The van der Waals surface area contributed by atoms with Crippen molar-refractivity contribution in [2.24, 2.45) is 0 Å². The van der Waals surface area contributed by atoms with Gasteiger partial charge in [-0.25, -0.2) is 0 Å². The molecule has 0 unspecified atom stereocenters. The van der Waals surface area contributed by atoms with Crippen molar-refractivity contribution >= 4 is 17.5 Å². The van der Waals surface area contributed by atoms with Gasteiger partial charge < -0.3 is 10.2 Å². The number of aryl methyl sites for hydroxylation is 1. The van der Waals surface area contributed by atoms with Crippen molar-refractivity contribution in [3.05, 3.63) is 59.4 Å². The molecule has 2 aromatic rings. The van der Waals surface area contributed by atoms with Crippen LogP contribution in [0, 0.1) is 6.92 Å². The molecule has 1 aliphatic rings. The number of anilines is 1. The fraction of sp³-hybridized carbons (Fsp3) is 0.278. The highest BCUT2D eigenvalue weighted by Gasteiger charge is 2.21. The zero-order chi connectivity index (χ0) is 16.2. The number of hydrogen-bond donors (Lipinski definition) is 1. The standard InChI is InChI=1S/C18H19N3O2/c1-13-5-4-6-15(11-13)20-17(22)14-7-8-19-16(12-14)18(23)21-9-2-3-10-21/h4-8,11-12H,2-3,9-10H2,1H3,(H,20,22). The fourth-order valence-corrected chi connectivity index (χ4v) is 2.70. The van der Waals surface area contributed by atoms with E-state index in [1.54, 1.807) is 17.0 Å². The Morgan fingerprint density at radius 3 is 2.65 bits per heavy atom. The molecular weight excluding hydrogens is 290 g/mol. The molecule has 23 heavy (non-hydrogen) atoms. The average molecular weight is 309 g/mol. The third-order valence-electron chi connectivity index (χ3n) is 3.91. The van der Waals surface area contributed by atoms with Gasteiger partial charge in [-0.15, -0.1) is 0 Å². The van der Waals surface area contributed by atoms with E-state index < -0.39 is 0 Å². The van der Waals surface area contributed by atoms with E-state index in [-0.39, 0.29) is 11.8 Å². The van der Waals surface area contributed by atoms with Gasteiger partial charge in [0.15, 0.2) is 0 Å². The van der Waals surface area contributed by atoms with Crippen LogP contribution in [0.3, 0.4) is 0 Å². The molecule has 5 heteroatoms. The van der Waals surface area contributed by atoms with Gasteiger partial charge in [0.05, 0.1) is 0 Å². The number of benzene rings is 1. The summed E-state index contributed by atoms with van der Waals surface area (Å²) < 4.78 is 0. The number of pyridine rings is 1. The van der Waals surface area contributed by atoms with E-state index in [0.29, 0.717) is 11.3 Å². The molecule has 0 radical (unpaired) electrons. The zero-order valence-electron chi connectivity index (χ0n) is 13.1. The SMILES string of the molecule is Cc1cccc(NC(=O)c2ccnc(C(=O)N3CCCC3)c2)c1. The van der Waals surface area contributed by atoms with Gasteiger partial charge in [0.25, 0.3) is 11.8 Å². The second-order valence-electron chi connectivity index (χ2n) is 5.75. The summed E-state index contributed by atoms with van der Waals surface area (Å²) in [6.45, 7) is 3.50. The topological polar surface area (TPSA) is 62.3 Å². The molecule has 0 spiro atoms. The van der Waals surface area contributed by atoms with Crippen LogP contribution in [0.15, 0.2) is 42.6 Å². The highest BCUT2D eigenvalue weighted by molar-refractivity contribution is 6.05. The molecule has 5 nitrogen and oxygen atoms in total. The molecule has 1 fully saturated rings. The number of carbonyl (C=O) groups is 2. The maximum atomic E-state index is 12.4. The number of aromatic nitrogens is 1. The quantitative estimate of drug-likeness (QED) is 0.948. The molecule has 1 aromatic heterocycles. The molecule has 1 aromatic carbocycles. The minimum absolute atomic E-state index is 0.104. The molecule has 1 N–H and O–H groups in total. The number of likely N-dealkylation sites (tertiary alicyclic amines) is 1. The number of carbonyl (C=O) groups excluding carboxylic acids is 2. The molecule has 3 rings (SSSR count). The summed E-state index contributed by atoms with van der Waals surface area (Å²) in [5.41, 5.74) is 2.56. The van der Waals surface area contributed by atoms with Crippen LogP contribution in [0.5, 0.6) is 0 Å². The Morgan fingerprint density at radius 2 is 1.91 bits per heavy atom. The summed E-state index contributed by atoms with van der Waals surface area (Å²) in [7, 11) is 0. The van der Waals surface area contributed by atoms with E-state index in [1.165, 1.54) is 6.20 Å². The van der Waals surface area contributed by atoms with Gasteiger partial charge in [-0.1, -0.05) is 12.1 Å². The van der Waals surface area contributed by atoms with Crippen LogP contribution in [0.25, 0.3) is 0 Å². The number of nitrogens with one attached hydrogen (secondary N) is 1. The first-order valence-electron chi connectivity index (χ1n) is 7.77. The van der Waals surface area contributed by atoms with Gasteiger partial charge in [0.2, 0.25) is 0 Å².